The monoisotopic (exact) mass is 246 g/mol. The van der Waals surface area contributed by atoms with E-state index >= 15 is 0 Å². The number of hydrogen-bond donors (Lipinski definition) is 1. The van der Waals surface area contributed by atoms with Gasteiger partial charge in [-0.25, -0.2) is 0 Å². The fourth-order valence-electron chi connectivity index (χ4n) is 1.91. The van der Waals surface area contributed by atoms with Gasteiger partial charge in [0.1, 0.15) is 0 Å². The van der Waals surface area contributed by atoms with E-state index in [1.807, 2.05) is 31.2 Å². The fraction of sp³-hybridized carbons (Fsp3) is 0.357. The van der Waals surface area contributed by atoms with Crippen molar-refractivity contribution in [3.05, 3.63) is 36.4 Å². The Hall–Kier alpha value is -1.81. The Morgan fingerprint density at radius 3 is 2.56 bits per heavy atom. The van der Waals surface area contributed by atoms with E-state index in [0.29, 0.717) is 0 Å². The van der Waals surface area contributed by atoms with Gasteiger partial charge in [0.2, 0.25) is 5.91 Å². The SMILES string of the molecule is C/C=C\C(=O)Nc1ccc(N2CCOCC2)cc1. The number of benzene rings is 1. The molecule has 1 aromatic carbocycles. The Bertz CT molecular complexity index is 420. The zero-order valence-corrected chi connectivity index (χ0v) is 10.6. The van der Waals surface area contributed by atoms with Crippen molar-refractivity contribution in [1.82, 2.24) is 0 Å². The lowest BCUT2D eigenvalue weighted by atomic mass is 10.2. The minimum Gasteiger partial charge on any atom is -0.378 e. The molecule has 18 heavy (non-hydrogen) atoms. The molecule has 0 unspecified atom stereocenters. The van der Waals surface area contributed by atoms with Gasteiger partial charge >= 0.3 is 0 Å². The Labute approximate surface area is 107 Å². The van der Waals surface area contributed by atoms with E-state index in [-0.39, 0.29) is 5.91 Å². The number of carbonyl (C=O) groups is 1. The van der Waals surface area contributed by atoms with Crippen LogP contribution in [0.1, 0.15) is 6.92 Å². The normalized spacial score (nSPS) is 15.9. The summed E-state index contributed by atoms with van der Waals surface area (Å²) in [7, 11) is 0. The van der Waals surface area contributed by atoms with Crippen molar-refractivity contribution < 1.29 is 9.53 Å². The molecular weight excluding hydrogens is 228 g/mol. The van der Waals surface area contributed by atoms with E-state index in [4.69, 9.17) is 4.74 Å². The smallest absolute Gasteiger partial charge is 0.248 e. The quantitative estimate of drug-likeness (QED) is 0.830. The molecule has 0 aromatic heterocycles. The number of nitrogens with zero attached hydrogens (tertiary/aromatic N) is 1. The van der Waals surface area contributed by atoms with Crippen LogP contribution in [0.2, 0.25) is 0 Å². The average molecular weight is 246 g/mol. The van der Waals surface area contributed by atoms with Crippen LogP contribution in [0.4, 0.5) is 11.4 Å². The molecule has 0 atom stereocenters. The summed E-state index contributed by atoms with van der Waals surface area (Å²) < 4.78 is 5.32. The molecular formula is C14H18N2O2. The molecule has 0 radical (unpaired) electrons. The predicted molar refractivity (Wildman–Crippen MR) is 72.9 cm³/mol. The molecule has 1 aliphatic heterocycles. The molecule has 0 saturated carbocycles. The second-order valence-corrected chi connectivity index (χ2v) is 4.14. The van der Waals surface area contributed by atoms with Crippen molar-refractivity contribution in [2.24, 2.45) is 0 Å². The number of ether oxygens (including phenoxy) is 1. The number of morpholine rings is 1. The molecule has 0 spiro atoms. The molecule has 1 fully saturated rings. The predicted octanol–water partition coefficient (Wildman–Crippen LogP) is 2.04. The van der Waals surface area contributed by atoms with Crippen LogP contribution >= 0.6 is 0 Å². The number of nitrogens with one attached hydrogen (secondary N) is 1. The second-order valence-electron chi connectivity index (χ2n) is 4.14. The average Bonchev–Trinajstić information content (AvgIpc) is 2.41. The number of allylic oxidation sites excluding steroid dienone is 1. The van der Waals surface area contributed by atoms with Crippen molar-refractivity contribution in [1.29, 1.82) is 0 Å². The molecule has 4 heteroatoms. The van der Waals surface area contributed by atoms with E-state index < -0.39 is 0 Å². The molecule has 0 aliphatic carbocycles. The van der Waals surface area contributed by atoms with Crippen LogP contribution in [0.25, 0.3) is 0 Å². The molecule has 1 saturated heterocycles. The Morgan fingerprint density at radius 2 is 1.94 bits per heavy atom. The molecule has 2 rings (SSSR count). The summed E-state index contributed by atoms with van der Waals surface area (Å²) in [5.74, 6) is -0.100. The first kappa shape index (κ1) is 12.6. The first-order valence-corrected chi connectivity index (χ1v) is 6.16. The summed E-state index contributed by atoms with van der Waals surface area (Å²) in [5, 5.41) is 2.80. The van der Waals surface area contributed by atoms with Gasteiger partial charge in [-0.15, -0.1) is 0 Å². The van der Waals surface area contributed by atoms with E-state index in [9.17, 15) is 4.79 Å². The number of hydrogen-bond acceptors (Lipinski definition) is 3. The van der Waals surface area contributed by atoms with Crippen LogP contribution in [0.3, 0.4) is 0 Å². The minimum atomic E-state index is -0.100. The summed E-state index contributed by atoms with van der Waals surface area (Å²) in [6.45, 7) is 5.22. The van der Waals surface area contributed by atoms with Gasteiger partial charge in [-0.1, -0.05) is 6.08 Å². The summed E-state index contributed by atoms with van der Waals surface area (Å²) in [5.41, 5.74) is 1.98. The first-order chi connectivity index (χ1) is 8.79. The van der Waals surface area contributed by atoms with Crippen LogP contribution in [0, 0.1) is 0 Å². The molecule has 1 heterocycles. The van der Waals surface area contributed by atoms with Crippen LogP contribution < -0.4 is 10.2 Å². The Balaban J connectivity index is 1.98. The maximum absolute atomic E-state index is 11.4. The van der Waals surface area contributed by atoms with E-state index in [0.717, 1.165) is 32.0 Å². The third-order valence-corrected chi connectivity index (χ3v) is 2.83. The zero-order valence-electron chi connectivity index (χ0n) is 10.6. The zero-order chi connectivity index (χ0) is 12.8. The summed E-state index contributed by atoms with van der Waals surface area (Å²) in [4.78, 5) is 13.7. The van der Waals surface area contributed by atoms with Gasteiger partial charge in [0, 0.05) is 24.5 Å². The lowest BCUT2D eigenvalue weighted by Crippen LogP contribution is -2.36. The third kappa shape index (κ3) is 3.34. The Kier molecular flexibility index (Phi) is 4.36. The van der Waals surface area contributed by atoms with E-state index in [1.54, 1.807) is 6.08 Å². The standard InChI is InChI=1S/C14H18N2O2/c1-2-3-14(17)15-12-4-6-13(7-5-12)16-8-10-18-11-9-16/h2-7H,8-11H2,1H3,(H,15,17)/b3-2-. The number of anilines is 2. The molecule has 4 nitrogen and oxygen atoms in total. The number of rotatable bonds is 3. The highest BCUT2D eigenvalue weighted by molar-refractivity contribution is 5.99. The lowest BCUT2D eigenvalue weighted by Gasteiger charge is -2.28. The van der Waals surface area contributed by atoms with Gasteiger partial charge in [0.15, 0.2) is 0 Å². The van der Waals surface area contributed by atoms with Crippen molar-refractivity contribution in [2.45, 2.75) is 6.92 Å². The highest BCUT2D eigenvalue weighted by Crippen LogP contribution is 2.18. The van der Waals surface area contributed by atoms with Crippen molar-refractivity contribution in [2.75, 3.05) is 36.5 Å². The summed E-state index contributed by atoms with van der Waals surface area (Å²) >= 11 is 0. The van der Waals surface area contributed by atoms with Gasteiger partial charge < -0.3 is 15.0 Å². The molecule has 1 aliphatic rings. The lowest BCUT2D eigenvalue weighted by molar-refractivity contribution is -0.111. The van der Waals surface area contributed by atoms with Crippen molar-refractivity contribution in [3.8, 4) is 0 Å². The first-order valence-electron chi connectivity index (χ1n) is 6.16. The summed E-state index contributed by atoms with van der Waals surface area (Å²) in [6.07, 6.45) is 3.23. The highest BCUT2D eigenvalue weighted by Gasteiger charge is 2.10. The van der Waals surface area contributed by atoms with Gasteiger partial charge in [-0.05, 0) is 37.3 Å². The molecule has 1 N–H and O–H groups in total. The van der Waals surface area contributed by atoms with Crippen molar-refractivity contribution in [3.63, 3.8) is 0 Å². The maximum Gasteiger partial charge on any atom is 0.248 e. The molecule has 0 bridgehead atoms. The van der Waals surface area contributed by atoms with Crippen LogP contribution in [-0.4, -0.2) is 32.2 Å². The third-order valence-electron chi connectivity index (χ3n) is 2.83. The molecule has 1 aromatic rings. The topological polar surface area (TPSA) is 41.6 Å². The van der Waals surface area contributed by atoms with Gasteiger partial charge in [-0.3, -0.25) is 4.79 Å². The highest BCUT2D eigenvalue weighted by atomic mass is 16.5. The largest absolute Gasteiger partial charge is 0.378 e. The Morgan fingerprint density at radius 1 is 1.28 bits per heavy atom. The second kappa shape index (κ2) is 6.21. The molecule has 96 valence electrons. The van der Waals surface area contributed by atoms with Crippen LogP contribution in [0.15, 0.2) is 36.4 Å². The van der Waals surface area contributed by atoms with Crippen LogP contribution in [-0.2, 0) is 9.53 Å². The van der Waals surface area contributed by atoms with Crippen molar-refractivity contribution >= 4 is 17.3 Å². The minimum absolute atomic E-state index is 0.100. The summed E-state index contributed by atoms with van der Waals surface area (Å²) in [6, 6.07) is 7.89. The fourth-order valence-corrected chi connectivity index (χ4v) is 1.91. The molecule has 1 amide bonds. The van der Waals surface area contributed by atoms with Gasteiger partial charge in [0.25, 0.3) is 0 Å². The number of amides is 1. The van der Waals surface area contributed by atoms with Gasteiger partial charge in [0.05, 0.1) is 13.2 Å². The van der Waals surface area contributed by atoms with Gasteiger partial charge in [-0.2, -0.15) is 0 Å². The van der Waals surface area contributed by atoms with E-state index in [1.165, 1.54) is 11.8 Å². The van der Waals surface area contributed by atoms with E-state index in [2.05, 4.69) is 10.2 Å². The number of carbonyl (C=O) groups excluding carboxylic acids is 1. The maximum atomic E-state index is 11.4. The van der Waals surface area contributed by atoms with Crippen LogP contribution in [0.5, 0.6) is 0 Å².